The Bertz CT molecular complexity index is 668. The zero-order chi connectivity index (χ0) is 16.9. The van der Waals surface area contributed by atoms with Crippen molar-refractivity contribution < 1.29 is 14.2 Å². The van der Waals surface area contributed by atoms with Crippen molar-refractivity contribution in [1.82, 2.24) is 19.9 Å². The summed E-state index contributed by atoms with van der Waals surface area (Å²) >= 11 is 0. The molecule has 0 amide bonds. The van der Waals surface area contributed by atoms with Crippen LogP contribution in [0.4, 0.5) is 11.8 Å². The minimum Gasteiger partial charge on any atom is -0.481 e. The third-order valence-electron chi connectivity index (χ3n) is 3.81. The molecule has 1 fully saturated rings. The van der Waals surface area contributed by atoms with Crippen LogP contribution in [0, 0.1) is 0 Å². The Hall–Kier alpha value is -2.84. The predicted molar refractivity (Wildman–Crippen MR) is 88.1 cm³/mol. The standard InChI is InChI=1S/C15H20N6O3/c1-22-12-8-11(16-10-17-12)20-4-6-21(7-5-20)15-18-13(23-2)9-14(19-15)24-3/h8-10H,4-7H2,1-3H3. The highest BCUT2D eigenvalue weighted by Gasteiger charge is 2.21. The van der Waals surface area contributed by atoms with E-state index in [0.717, 1.165) is 32.0 Å². The highest BCUT2D eigenvalue weighted by molar-refractivity contribution is 5.45. The summed E-state index contributed by atoms with van der Waals surface area (Å²) in [5.41, 5.74) is 0. The fraction of sp³-hybridized carbons (Fsp3) is 0.467. The van der Waals surface area contributed by atoms with Crippen LogP contribution in [0.1, 0.15) is 0 Å². The summed E-state index contributed by atoms with van der Waals surface area (Å²) in [5, 5.41) is 0. The van der Waals surface area contributed by atoms with Gasteiger partial charge >= 0.3 is 0 Å². The number of anilines is 2. The second-order valence-electron chi connectivity index (χ2n) is 5.15. The minimum absolute atomic E-state index is 0.486. The molecule has 0 unspecified atom stereocenters. The smallest absolute Gasteiger partial charge is 0.232 e. The van der Waals surface area contributed by atoms with Gasteiger partial charge in [-0.05, 0) is 0 Å². The van der Waals surface area contributed by atoms with E-state index in [2.05, 4.69) is 29.7 Å². The lowest BCUT2D eigenvalue weighted by atomic mass is 10.3. The van der Waals surface area contributed by atoms with Gasteiger partial charge in [-0.3, -0.25) is 0 Å². The monoisotopic (exact) mass is 332 g/mol. The summed E-state index contributed by atoms with van der Waals surface area (Å²) in [6.07, 6.45) is 1.51. The van der Waals surface area contributed by atoms with E-state index in [1.807, 2.05) is 6.07 Å². The molecule has 0 N–H and O–H groups in total. The van der Waals surface area contributed by atoms with Gasteiger partial charge in [0, 0.05) is 32.2 Å². The lowest BCUT2D eigenvalue weighted by Gasteiger charge is -2.35. The number of hydrogen-bond acceptors (Lipinski definition) is 9. The Morgan fingerprint density at radius 2 is 1.33 bits per heavy atom. The van der Waals surface area contributed by atoms with Crippen LogP contribution >= 0.6 is 0 Å². The highest BCUT2D eigenvalue weighted by atomic mass is 16.5. The van der Waals surface area contributed by atoms with Crippen molar-refractivity contribution in [3.8, 4) is 17.6 Å². The molecule has 9 nitrogen and oxygen atoms in total. The second kappa shape index (κ2) is 7.16. The van der Waals surface area contributed by atoms with Crippen LogP contribution in [-0.2, 0) is 0 Å². The number of piperazine rings is 1. The SMILES string of the molecule is COc1cc(N2CCN(c3nc(OC)cc(OC)n3)CC2)ncn1. The molecule has 0 atom stereocenters. The molecule has 3 heterocycles. The summed E-state index contributed by atoms with van der Waals surface area (Å²) in [6, 6.07) is 3.49. The molecular weight excluding hydrogens is 312 g/mol. The maximum absolute atomic E-state index is 5.21. The van der Waals surface area contributed by atoms with Gasteiger partial charge in [-0.2, -0.15) is 9.97 Å². The highest BCUT2D eigenvalue weighted by Crippen LogP contribution is 2.22. The Morgan fingerprint density at radius 3 is 1.92 bits per heavy atom. The molecule has 1 aliphatic rings. The zero-order valence-electron chi connectivity index (χ0n) is 14.0. The molecule has 24 heavy (non-hydrogen) atoms. The van der Waals surface area contributed by atoms with Crippen molar-refractivity contribution in [1.29, 1.82) is 0 Å². The Balaban J connectivity index is 1.70. The van der Waals surface area contributed by atoms with Crippen molar-refractivity contribution in [2.24, 2.45) is 0 Å². The van der Waals surface area contributed by atoms with Crippen LogP contribution in [0.3, 0.4) is 0 Å². The molecular formula is C15H20N6O3. The van der Waals surface area contributed by atoms with E-state index in [1.165, 1.54) is 6.33 Å². The molecule has 0 radical (unpaired) electrons. The Labute approximate surface area is 140 Å². The normalized spacial score (nSPS) is 14.5. The van der Waals surface area contributed by atoms with Crippen molar-refractivity contribution in [3.05, 3.63) is 18.5 Å². The summed E-state index contributed by atoms with van der Waals surface area (Å²) in [4.78, 5) is 21.4. The molecule has 0 aromatic carbocycles. The van der Waals surface area contributed by atoms with Crippen molar-refractivity contribution >= 4 is 11.8 Å². The fourth-order valence-corrected chi connectivity index (χ4v) is 2.49. The largest absolute Gasteiger partial charge is 0.481 e. The molecule has 0 bridgehead atoms. The number of aromatic nitrogens is 4. The average Bonchev–Trinajstić information content (AvgIpc) is 2.67. The first-order valence-electron chi connectivity index (χ1n) is 7.56. The molecule has 0 aliphatic carbocycles. The fourth-order valence-electron chi connectivity index (χ4n) is 2.49. The molecule has 9 heteroatoms. The first-order valence-corrected chi connectivity index (χ1v) is 7.56. The molecule has 2 aromatic heterocycles. The molecule has 0 saturated carbocycles. The van der Waals surface area contributed by atoms with E-state index in [1.54, 1.807) is 27.4 Å². The maximum Gasteiger partial charge on any atom is 0.232 e. The van der Waals surface area contributed by atoms with Gasteiger partial charge < -0.3 is 24.0 Å². The third-order valence-corrected chi connectivity index (χ3v) is 3.81. The Kier molecular flexibility index (Phi) is 4.78. The van der Waals surface area contributed by atoms with E-state index >= 15 is 0 Å². The average molecular weight is 332 g/mol. The molecule has 3 rings (SSSR count). The van der Waals surface area contributed by atoms with E-state index in [4.69, 9.17) is 14.2 Å². The van der Waals surface area contributed by atoms with Gasteiger partial charge in [0.25, 0.3) is 0 Å². The quantitative estimate of drug-likeness (QED) is 0.782. The third kappa shape index (κ3) is 3.39. The molecule has 0 spiro atoms. The van der Waals surface area contributed by atoms with Gasteiger partial charge in [0.1, 0.15) is 12.1 Å². The van der Waals surface area contributed by atoms with Crippen LogP contribution in [-0.4, -0.2) is 67.4 Å². The van der Waals surface area contributed by atoms with Gasteiger partial charge in [0.05, 0.1) is 27.4 Å². The molecule has 2 aromatic rings. The number of hydrogen-bond donors (Lipinski definition) is 0. The van der Waals surface area contributed by atoms with E-state index in [0.29, 0.717) is 23.6 Å². The van der Waals surface area contributed by atoms with Gasteiger partial charge in [-0.15, -0.1) is 0 Å². The van der Waals surface area contributed by atoms with Gasteiger partial charge in [0.2, 0.25) is 23.6 Å². The summed E-state index contributed by atoms with van der Waals surface area (Å²) in [5.74, 6) is 2.99. The lowest BCUT2D eigenvalue weighted by molar-refractivity contribution is 0.371. The zero-order valence-corrected chi connectivity index (χ0v) is 14.0. The summed E-state index contributed by atoms with van der Waals surface area (Å²) in [6.45, 7) is 3.12. The molecule has 128 valence electrons. The number of ether oxygens (including phenoxy) is 3. The minimum atomic E-state index is 0.486. The molecule has 1 saturated heterocycles. The van der Waals surface area contributed by atoms with Gasteiger partial charge in [-0.1, -0.05) is 0 Å². The number of methoxy groups -OCH3 is 3. The summed E-state index contributed by atoms with van der Waals surface area (Å²) in [7, 11) is 4.75. The second-order valence-corrected chi connectivity index (χ2v) is 5.15. The number of nitrogens with zero attached hydrogens (tertiary/aromatic N) is 6. The topological polar surface area (TPSA) is 85.7 Å². The van der Waals surface area contributed by atoms with Crippen LogP contribution < -0.4 is 24.0 Å². The summed E-state index contributed by atoms with van der Waals surface area (Å²) < 4.78 is 15.6. The van der Waals surface area contributed by atoms with Crippen LogP contribution in [0.25, 0.3) is 0 Å². The van der Waals surface area contributed by atoms with E-state index < -0.39 is 0 Å². The number of rotatable bonds is 5. The maximum atomic E-state index is 5.21. The lowest BCUT2D eigenvalue weighted by Crippen LogP contribution is -2.47. The van der Waals surface area contributed by atoms with Gasteiger partial charge in [-0.25, -0.2) is 9.97 Å². The van der Waals surface area contributed by atoms with Crippen LogP contribution in [0.15, 0.2) is 18.5 Å². The van der Waals surface area contributed by atoms with Gasteiger partial charge in [0.15, 0.2) is 0 Å². The van der Waals surface area contributed by atoms with E-state index in [-0.39, 0.29) is 0 Å². The van der Waals surface area contributed by atoms with Crippen molar-refractivity contribution in [2.75, 3.05) is 57.3 Å². The molecule has 1 aliphatic heterocycles. The Morgan fingerprint density at radius 1 is 0.750 bits per heavy atom. The van der Waals surface area contributed by atoms with Crippen molar-refractivity contribution in [3.63, 3.8) is 0 Å². The van der Waals surface area contributed by atoms with Crippen molar-refractivity contribution in [2.45, 2.75) is 0 Å². The van der Waals surface area contributed by atoms with E-state index in [9.17, 15) is 0 Å². The first kappa shape index (κ1) is 16.0. The predicted octanol–water partition coefficient (Wildman–Crippen LogP) is 0.619. The van der Waals surface area contributed by atoms with Crippen LogP contribution in [0.5, 0.6) is 17.6 Å². The first-order chi connectivity index (χ1) is 11.7. The van der Waals surface area contributed by atoms with Crippen LogP contribution in [0.2, 0.25) is 0 Å².